The third kappa shape index (κ3) is 2.39. The second kappa shape index (κ2) is 4.46. The molecule has 1 fully saturated rings. The number of anilines is 1. The molecule has 0 saturated heterocycles. The van der Waals surface area contributed by atoms with Crippen molar-refractivity contribution in [2.24, 2.45) is 0 Å². The Morgan fingerprint density at radius 3 is 2.59 bits per heavy atom. The number of hydrogen-bond acceptors (Lipinski definition) is 4. The molecule has 0 bridgehead atoms. The molecule has 0 aromatic heterocycles. The minimum Gasteiger partial charge on any atom is -0.464 e. The fraction of sp³-hybridized carbons (Fsp3) is 0.385. The number of rotatable bonds is 4. The first kappa shape index (κ1) is 11.5. The van der Waals surface area contributed by atoms with E-state index in [1.54, 1.807) is 31.2 Å². The zero-order chi connectivity index (χ0) is 12.3. The van der Waals surface area contributed by atoms with Gasteiger partial charge in [-0.05, 0) is 44.0 Å². The van der Waals surface area contributed by atoms with Gasteiger partial charge in [-0.1, -0.05) is 0 Å². The molecule has 4 nitrogen and oxygen atoms in total. The quantitative estimate of drug-likeness (QED) is 0.804. The van der Waals surface area contributed by atoms with Crippen molar-refractivity contribution in [1.82, 2.24) is 0 Å². The Morgan fingerprint density at radius 2 is 2.12 bits per heavy atom. The molecular formula is C13H14N2O2. The molecule has 88 valence electrons. The van der Waals surface area contributed by atoms with E-state index in [-0.39, 0.29) is 5.97 Å². The minimum absolute atomic E-state index is 0.190. The SMILES string of the molecule is CCOC(=O)C1(Nc2ccc(C#N)cc2)CC1. The van der Waals surface area contributed by atoms with Crippen LogP contribution in [0.5, 0.6) is 0 Å². The smallest absolute Gasteiger partial charge is 0.331 e. The first-order valence-corrected chi connectivity index (χ1v) is 5.66. The predicted molar refractivity (Wildman–Crippen MR) is 63.4 cm³/mol. The van der Waals surface area contributed by atoms with E-state index in [1.165, 1.54) is 0 Å². The van der Waals surface area contributed by atoms with Crippen molar-refractivity contribution in [2.45, 2.75) is 25.3 Å². The molecule has 1 aliphatic rings. The van der Waals surface area contributed by atoms with Gasteiger partial charge in [-0.25, -0.2) is 4.79 Å². The Hall–Kier alpha value is -2.02. The summed E-state index contributed by atoms with van der Waals surface area (Å²) in [5.41, 5.74) is 0.913. The monoisotopic (exact) mass is 230 g/mol. The first-order chi connectivity index (χ1) is 8.20. The number of hydrogen-bond donors (Lipinski definition) is 1. The Balaban J connectivity index is 2.05. The molecule has 1 aromatic rings. The summed E-state index contributed by atoms with van der Waals surface area (Å²) in [5.74, 6) is -0.190. The molecule has 0 atom stereocenters. The van der Waals surface area contributed by atoms with Crippen molar-refractivity contribution >= 4 is 11.7 Å². The normalized spacial score (nSPS) is 15.8. The molecule has 0 unspecified atom stereocenters. The highest BCUT2D eigenvalue weighted by Gasteiger charge is 2.51. The molecular weight excluding hydrogens is 216 g/mol. The minimum atomic E-state index is -0.538. The van der Waals surface area contributed by atoms with Crippen LogP contribution >= 0.6 is 0 Å². The van der Waals surface area contributed by atoms with E-state index in [1.807, 2.05) is 0 Å². The van der Waals surface area contributed by atoms with E-state index in [9.17, 15) is 4.79 Å². The van der Waals surface area contributed by atoms with E-state index in [0.29, 0.717) is 12.2 Å². The summed E-state index contributed by atoms with van der Waals surface area (Å²) >= 11 is 0. The topological polar surface area (TPSA) is 62.1 Å². The number of nitrogens with one attached hydrogen (secondary N) is 1. The highest BCUT2D eigenvalue weighted by Crippen LogP contribution is 2.40. The molecule has 0 radical (unpaired) electrons. The Kier molecular flexibility index (Phi) is 3.01. The molecule has 0 spiro atoms. The Bertz CT molecular complexity index is 455. The highest BCUT2D eigenvalue weighted by molar-refractivity contribution is 5.88. The summed E-state index contributed by atoms with van der Waals surface area (Å²) in [6, 6.07) is 9.11. The maximum atomic E-state index is 11.7. The summed E-state index contributed by atoms with van der Waals surface area (Å²) in [4.78, 5) is 11.7. The molecule has 1 aromatic carbocycles. The number of carbonyl (C=O) groups excluding carboxylic acids is 1. The van der Waals surface area contributed by atoms with E-state index in [4.69, 9.17) is 10.00 Å². The van der Waals surface area contributed by atoms with Crippen LogP contribution in [0.1, 0.15) is 25.3 Å². The second-order valence-corrected chi connectivity index (χ2v) is 4.12. The van der Waals surface area contributed by atoms with Gasteiger partial charge in [0, 0.05) is 5.69 Å². The van der Waals surface area contributed by atoms with Gasteiger partial charge in [-0.2, -0.15) is 5.26 Å². The Labute approximate surface area is 100 Å². The van der Waals surface area contributed by atoms with Crippen molar-refractivity contribution in [1.29, 1.82) is 5.26 Å². The summed E-state index contributed by atoms with van der Waals surface area (Å²) in [5, 5.41) is 11.9. The second-order valence-electron chi connectivity index (χ2n) is 4.12. The van der Waals surface area contributed by atoms with Gasteiger partial charge in [-0.15, -0.1) is 0 Å². The lowest BCUT2D eigenvalue weighted by molar-refractivity contribution is -0.145. The molecule has 0 aliphatic heterocycles. The molecule has 2 rings (SSSR count). The first-order valence-electron chi connectivity index (χ1n) is 5.66. The fourth-order valence-electron chi connectivity index (χ4n) is 1.68. The maximum absolute atomic E-state index is 11.7. The molecule has 1 aliphatic carbocycles. The molecule has 1 saturated carbocycles. The van der Waals surface area contributed by atoms with Crippen molar-refractivity contribution < 1.29 is 9.53 Å². The maximum Gasteiger partial charge on any atom is 0.331 e. The van der Waals surface area contributed by atoms with E-state index < -0.39 is 5.54 Å². The summed E-state index contributed by atoms with van der Waals surface area (Å²) in [6.07, 6.45) is 1.59. The Morgan fingerprint density at radius 1 is 1.47 bits per heavy atom. The van der Waals surface area contributed by atoms with Gasteiger partial charge in [0.15, 0.2) is 0 Å². The van der Waals surface area contributed by atoms with Gasteiger partial charge in [0.2, 0.25) is 0 Å². The van der Waals surface area contributed by atoms with Crippen molar-refractivity contribution in [3.63, 3.8) is 0 Å². The third-order valence-electron chi connectivity index (χ3n) is 2.81. The number of benzene rings is 1. The molecule has 0 amide bonds. The molecule has 0 heterocycles. The molecule has 17 heavy (non-hydrogen) atoms. The summed E-state index contributed by atoms with van der Waals surface area (Å²) in [7, 11) is 0. The number of nitrogens with zero attached hydrogens (tertiary/aromatic N) is 1. The fourth-order valence-corrected chi connectivity index (χ4v) is 1.68. The number of nitriles is 1. The standard InChI is InChI=1S/C13H14N2O2/c1-2-17-12(16)13(7-8-13)15-11-5-3-10(9-14)4-6-11/h3-6,15H,2,7-8H2,1H3. The average molecular weight is 230 g/mol. The number of esters is 1. The van der Waals surface area contributed by atoms with Crippen molar-refractivity contribution in [3.8, 4) is 6.07 Å². The molecule has 4 heteroatoms. The van der Waals surface area contributed by atoms with Crippen LogP contribution in [0.25, 0.3) is 0 Å². The van der Waals surface area contributed by atoms with Crippen molar-refractivity contribution in [3.05, 3.63) is 29.8 Å². The van der Waals surface area contributed by atoms with E-state index in [2.05, 4.69) is 11.4 Å². The third-order valence-corrected chi connectivity index (χ3v) is 2.81. The molecule has 1 N–H and O–H groups in total. The van der Waals surface area contributed by atoms with Gasteiger partial charge >= 0.3 is 5.97 Å². The van der Waals surface area contributed by atoms with Gasteiger partial charge < -0.3 is 10.1 Å². The van der Waals surface area contributed by atoms with Crippen LogP contribution in [0.4, 0.5) is 5.69 Å². The average Bonchev–Trinajstić information content (AvgIpc) is 3.11. The van der Waals surface area contributed by atoms with Crippen LogP contribution in [-0.2, 0) is 9.53 Å². The van der Waals surface area contributed by atoms with Gasteiger partial charge in [0.05, 0.1) is 18.2 Å². The zero-order valence-corrected chi connectivity index (χ0v) is 9.69. The zero-order valence-electron chi connectivity index (χ0n) is 9.69. The van der Waals surface area contributed by atoms with E-state index >= 15 is 0 Å². The lowest BCUT2D eigenvalue weighted by Crippen LogP contribution is -2.33. The lowest BCUT2D eigenvalue weighted by Gasteiger charge is -2.16. The predicted octanol–water partition coefficient (Wildman–Crippen LogP) is 2.07. The highest BCUT2D eigenvalue weighted by atomic mass is 16.5. The van der Waals surface area contributed by atoms with Gasteiger partial charge in [0.25, 0.3) is 0 Å². The van der Waals surface area contributed by atoms with Gasteiger partial charge in [-0.3, -0.25) is 0 Å². The van der Waals surface area contributed by atoms with Crippen LogP contribution in [0, 0.1) is 11.3 Å². The van der Waals surface area contributed by atoms with Crippen LogP contribution in [0.2, 0.25) is 0 Å². The van der Waals surface area contributed by atoms with Crippen LogP contribution in [0.3, 0.4) is 0 Å². The number of ether oxygens (including phenoxy) is 1. The van der Waals surface area contributed by atoms with Crippen molar-refractivity contribution in [2.75, 3.05) is 11.9 Å². The van der Waals surface area contributed by atoms with Gasteiger partial charge in [0.1, 0.15) is 5.54 Å². The largest absolute Gasteiger partial charge is 0.464 e. The summed E-state index contributed by atoms with van der Waals surface area (Å²) < 4.78 is 5.03. The van der Waals surface area contributed by atoms with E-state index in [0.717, 1.165) is 18.5 Å². The lowest BCUT2D eigenvalue weighted by atomic mass is 10.2. The number of carbonyl (C=O) groups is 1. The summed E-state index contributed by atoms with van der Waals surface area (Å²) in [6.45, 7) is 2.20. The van der Waals surface area contributed by atoms with Crippen LogP contribution < -0.4 is 5.32 Å². The van der Waals surface area contributed by atoms with Crippen LogP contribution in [0.15, 0.2) is 24.3 Å². The van der Waals surface area contributed by atoms with Crippen LogP contribution in [-0.4, -0.2) is 18.1 Å².